The van der Waals surface area contributed by atoms with Gasteiger partial charge in [0.2, 0.25) is 0 Å². The van der Waals surface area contributed by atoms with Crippen LogP contribution < -0.4 is 4.74 Å². The van der Waals surface area contributed by atoms with Gasteiger partial charge >= 0.3 is 5.97 Å². The summed E-state index contributed by atoms with van der Waals surface area (Å²) >= 11 is 4.70. The predicted molar refractivity (Wildman–Crippen MR) is 138 cm³/mol. The van der Waals surface area contributed by atoms with Gasteiger partial charge in [0, 0.05) is 16.6 Å². The smallest absolute Gasteiger partial charge is 0.335 e. The van der Waals surface area contributed by atoms with Gasteiger partial charge in [-0.25, -0.2) is 14.2 Å². The Kier molecular flexibility index (Phi) is 7.67. The number of amidine groups is 1. The number of carbonyl (C=O) groups excluding carboxylic acids is 1. The Balaban J connectivity index is 1.60. The Labute approximate surface area is 214 Å². The highest BCUT2D eigenvalue weighted by Crippen LogP contribution is 2.36. The minimum absolute atomic E-state index is 0.164. The molecule has 1 saturated heterocycles. The second kappa shape index (κ2) is 10.9. The highest BCUT2D eigenvalue weighted by molar-refractivity contribution is 9.10. The molecule has 1 amide bonds. The third-order valence-corrected chi connectivity index (χ3v) is 6.58. The molecule has 178 valence electrons. The first-order valence-corrected chi connectivity index (χ1v) is 12.2. The second-order valence-corrected chi connectivity index (χ2v) is 9.43. The molecule has 6 nitrogen and oxygen atoms in total. The lowest BCUT2D eigenvalue weighted by Crippen LogP contribution is -2.28. The third kappa shape index (κ3) is 5.98. The van der Waals surface area contributed by atoms with E-state index in [-0.39, 0.29) is 23.9 Å². The molecule has 3 aromatic rings. The molecule has 0 radical (unpaired) electrons. The van der Waals surface area contributed by atoms with Crippen LogP contribution in [0.5, 0.6) is 5.75 Å². The fraction of sp³-hybridized carbons (Fsp3) is 0.115. The van der Waals surface area contributed by atoms with Crippen LogP contribution in [-0.2, 0) is 11.4 Å². The largest absolute Gasteiger partial charge is 0.488 e. The average Bonchev–Trinajstić information content (AvgIpc) is 3.12. The molecule has 35 heavy (non-hydrogen) atoms. The molecule has 0 spiro atoms. The van der Waals surface area contributed by atoms with Gasteiger partial charge in [-0.1, -0.05) is 28.1 Å². The van der Waals surface area contributed by atoms with Crippen LogP contribution in [0.1, 0.15) is 28.4 Å². The molecule has 0 saturated carbocycles. The summed E-state index contributed by atoms with van der Waals surface area (Å²) in [6.07, 6.45) is 1.75. The molecule has 4 rings (SSSR count). The van der Waals surface area contributed by atoms with Crippen LogP contribution in [0.4, 0.5) is 10.1 Å². The van der Waals surface area contributed by atoms with Crippen LogP contribution in [0.2, 0.25) is 0 Å². The zero-order valence-corrected chi connectivity index (χ0v) is 21.0. The van der Waals surface area contributed by atoms with E-state index in [2.05, 4.69) is 20.9 Å². The number of nitrogens with zero attached hydrogens (tertiary/aromatic N) is 2. The Hall–Kier alpha value is -3.43. The van der Waals surface area contributed by atoms with Crippen molar-refractivity contribution in [3.63, 3.8) is 0 Å². The number of hydrogen-bond acceptors (Lipinski definition) is 5. The average molecular weight is 555 g/mol. The van der Waals surface area contributed by atoms with E-state index in [1.165, 1.54) is 36.0 Å². The lowest BCUT2D eigenvalue weighted by molar-refractivity contribution is -0.122. The van der Waals surface area contributed by atoms with Gasteiger partial charge in [-0.05, 0) is 84.9 Å². The molecule has 0 unspecified atom stereocenters. The zero-order valence-electron chi connectivity index (χ0n) is 18.6. The van der Waals surface area contributed by atoms with E-state index in [1.54, 1.807) is 41.3 Å². The first-order valence-electron chi connectivity index (χ1n) is 10.6. The predicted octanol–water partition coefficient (Wildman–Crippen LogP) is 6.49. The van der Waals surface area contributed by atoms with Gasteiger partial charge < -0.3 is 9.84 Å². The number of carboxylic acids is 1. The molecule has 0 aromatic heterocycles. The molecule has 0 atom stereocenters. The van der Waals surface area contributed by atoms with E-state index in [4.69, 9.17) is 9.84 Å². The van der Waals surface area contributed by atoms with Crippen LogP contribution in [-0.4, -0.2) is 33.6 Å². The maximum Gasteiger partial charge on any atom is 0.335 e. The molecule has 9 heteroatoms. The number of rotatable bonds is 7. The Morgan fingerprint density at radius 1 is 1.17 bits per heavy atom. The van der Waals surface area contributed by atoms with E-state index in [0.29, 0.717) is 39.2 Å². The van der Waals surface area contributed by atoms with E-state index < -0.39 is 5.97 Å². The third-order valence-electron chi connectivity index (χ3n) is 5.09. The van der Waals surface area contributed by atoms with Gasteiger partial charge in [-0.15, -0.1) is 0 Å². The number of thioether (sulfide) groups is 1. The zero-order chi connectivity index (χ0) is 24.9. The lowest BCUT2D eigenvalue weighted by atomic mass is 10.1. The van der Waals surface area contributed by atoms with Crippen molar-refractivity contribution in [3.05, 3.63) is 98.6 Å². The summed E-state index contributed by atoms with van der Waals surface area (Å²) in [6, 6.07) is 17.8. The molecule has 3 aromatic carbocycles. The summed E-state index contributed by atoms with van der Waals surface area (Å²) < 4.78 is 20.3. The normalized spacial score (nSPS) is 15.7. The second-order valence-electron chi connectivity index (χ2n) is 7.51. The van der Waals surface area contributed by atoms with Gasteiger partial charge in [0.15, 0.2) is 5.17 Å². The molecular weight excluding hydrogens is 535 g/mol. The quantitative estimate of drug-likeness (QED) is 0.337. The highest BCUT2D eigenvalue weighted by atomic mass is 79.9. The number of amides is 1. The standard InChI is InChI=1S/C26H20BrFN2O4S/c1-2-30-24(31)23(35-26(30)29-21-9-6-17(7-10-21)25(32)33)14-18-13-19(27)8-11-22(18)34-15-16-4-3-5-20(28)12-16/h3-14H,2,15H2,1H3,(H,32,33). The Morgan fingerprint density at radius 3 is 2.63 bits per heavy atom. The SMILES string of the molecule is CCN1C(=O)C(=Cc2cc(Br)ccc2OCc2cccc(F)c2)SC1=Nc1ccc(C(=O)O)cc1. The minimum atomic E-state index is -1.01. The van der Waals surface area contributed by atoms with Crippen molar-refractivity contribution < 1.29 is 23.8 Å². The van der Waals surface area contributed by atoms with Crippen molar-refractivity contribution in [2.45, 2.75) is 13.5 Å². The first kappa shape index (κ1) is 24.7. The number of hydrogen-bond donors (Lipinski definition) is 1. The summed E-state index contributed by atoms with van der Waals surface area (Å²) in [4.78, 5) is 30.7. The van der Waals surface area contributed by atoms with Gasteiger partial charge in [-0.3, -0.25) is 9.69 Å². The van der Waals surface area contributed by atoms with Gasteiger partial charge in [0.1, 0.15) is 18.2 Å². The minimum Gasteiger partial charge on any atom is -0.488 e. The van der Waals surface area contributed by atoms with E-state index in [1.807, 2.05) is 19.1 Å². The number of halogens is 2. The summed E-state index contributed by atoms with van der Waals surface area (Å²) in [5.74, 6) is -0.980. The number of carbonyl (C=O) groups is 2. The van der Waals surface area contributed by atoms with Crippen molar-refractivity contribution in [2.75, 3.05) is 6.54 Å². The van der Waals surface area contributed by atoms with Gasteiger partial charge in [-0.2, -0.15) is 0 Å². The molecule has 0 bridgehead atoms. The molecule has 1 aliphatic rings. The molecular formula is C26H20BrFN2O4S. The lowest BCUT2D eigenvalue weighted by Gasteiger charge is -2.12. The topological polar surface area (TPSA) is 79.2 Å². The van der Waals surface area contributed by atoms with Crippen molar-refractivity contribution in [1.82, 2.24) is 4.90 Å². The molecule has 0 aliphatic carbocycles. The Morgan fingerprint density at radius 2 is 1.94 bits per heavy atom. The highest BCUT2D eigenvalue weighted by Gasteiger charge is 2.32. The van der Waals surface area contributed by atoms with Crippen molar-refractivity contribution >= 4 is 56.5 Å². The molecule has 1 heterocycles. The monoisotopic (exact) mass is 554 g/mol. The fourth-order valence-corrected chi connectivity index (χ4v) is 4.78. The van der Waals surface area contributed by atoms with Gasteiger partial charge in [0.05, 0.1) is 16.2 Å². The van der Waals surface area contributed by atoms with Crippen LogP contribution in [0.25, 0.3) is 6.08 Å². The maximum absolute atomic E-state index is 13.5. The maximum atomic E-state index is 13.5. The summed E-state index contributed by atoms with van der Waals surface area (Å²) in [6.45, 7) is 2.46. The first-order chi connectivity index (χ1) is 16.8. The molecule has 1 fully saturated rings. The number of ether oxygens (including phenoxy) is 1. The number of aliphatic imine (C=N–C) groups is 1. The molecule has 1 N–H and O–H groups in total. The van der Waals surface area contributed by atoms with Gasteiger partial charge in [0.25, 0.3) is 5.91 Å². The number of benzene rings is 3. The van der Waals surface area contributed by atoms with Crippen molar-refractivity contribution in [3.8, 4) is 5.75 Å². The van der Waals surface area contributed by atoms with E-state index in [0.717, 1.165) is 4.47 Å². The summed E-state index contributed by atoms with van der Waals surface area (Å²) in [5, 5.41) is 9.58. The molecule has 1 aliphatic heterocycles. The van der Waals surface area contributed by atoms with Crippen molar-refractivity contribution in [1.29, 1.82) is 0 Å². The van der Waals surface area contributed by atoms with Crippen LogP contribution >= 0.6 is 27.7 Å². The van der Waals surface area contributed by atoms with Crippen LogP contribution in [0, 0.1) is 5.82 Å². The summed E-state index contributed by atoms with van der Waals surface area (Å²) in [5.41, 5.74) is 2.09. The fourth-order valence-electron chi connectivity index (χ4n) is 3.35. The van der Waals surface area contributed by atoms with E-state index >= 15 is 0 Å². The Bertz CT molecular complexity index is 1340. The van der Waals surface area contributed by atoms with Crippen LogP contribution in [0.15, 0.2) is 81.1 Å². The number of carboxylic acid groups (broad SMARTS) is 1. The van der Waals surface area contributed by atoms with Crippen molar-refractivity contribution in [2.24, 2.45) is 4.99 Å². The van der Waals surface area contributed by atoms with E-state index in [9.17, 15) is 14.0 Å². The number of likely N-dealkylation sites (N-methyl/N-ethyl adjacent to an activating group) is 1. The van der Waals surface area contributed by atoms with Crippen LogP contribution in [0.3, 0.4) is 0 Å². The summed E-state index contributed by atoms with van der Waals surface area (Å²) in [7, 11) is 0. The number of aromatic carboxylic acids is 1.